The van der Waals surface area contributed by atoms with Gasteiger partial charge in [0.2, 0.25) is 5.91 Å². The number of halogens is 1. The highest BCUT2D eigenvalue weighted by molar-refractivity contribution is 5.89. The van der Waals surface area contributed by atoms with Crippen molar-refractivity contribution in [2.24, 2.45) is 5.92 Å². The zero-order valence-electron chi connectivity index (χ0n) is 15.8. The highest BCUT2D eigenvalue weighted by Gasteiger charge is 2.24. The van der Waals surface area contributed by atoms with Crippen LogP contribution in [0.3, 0.4) is 0 Å². The van der Waals surface area contributed by atoms with E-state index in [2.05, 4.69) is 16.0 Å². The SMILES string of the molecule is Cl.O=C(CCC1CCNCC1)NC1CCN(C(=O)Nc2ccccc2)CC1. The summed E-state index contributed by atoms with van der Waals surface area (Å²) in [5.41, 5.74) is 0.811. The summed E-state index contributed by atoms with van der Waals surface area (Å²) in [6, 6.07) is 9.63. The molecule has 3 N–H and O–H groups in total. The van der Waals surface area contributed by atoms with Crippen LogP contribution in [0.15, 0.2) is 30.3 Å². The minimum Gasteiger partial charge on any atom is -0.353 e. The first kappa shape index (κ1) is 21.5. The molecule has 2 heterocycles. The third kappa shape index (κ3) is 7.03. The summed E-state index contributed by atoms with van der Waals surface area (Å²) < 4.78 is 0. The average Bonchev–Trinajstić information content (AvgIpc) is 2.68. The standard InChI is InChI=1S/C20H30N4O2.ClH/c25-19(7-6-16-8-12-21-13-9-16)22-18-10-14-24(15-11-18)20(26)23-17-4-2-1-3-5-17;/h1-5,16,18,21H,6-15H2,(H,22,25)(H,23,26);1H. The Hall–Kier alpha value is -1.79. The van der Waals surface area contributed by atoms with Crippen molar-refractivity contribution in [1.29, 1.82) is 0 Å². The van der Waals surface area contributed by atoms with E-state index in [0.29, 0.717) is 25.4 Å². The van der Waals surface area contributed by atoms with Crippen LogP contribution in [0.2, 0.25) is 0 Å². The molecule has 2 fully saturated rings. The van der Waals surface area contributed by atoms with Gasteiger partial charge in [0.1, 0.15) is 0 Å². The first-order chi connectivity index (χ1) is 12.7. The summed E-state index contributed by atoms with van der Waals surface area (Å²) >= 11 is 0. The summed E-state index contributed by atoms with van der Waals surface area (Å²) in [7, 11) is 0. The normalized spacial score (nSPS) is 18.4. The summed E-state index contributed by atoms with van der Waals surface area (Å²) in [4.78, 5) is 26.3. The minimum absolute atomic E-state index is 0. The van der Waals surface area contributed by atoms with Gasteiger partial charge in [0.15, 0.2) is 0 Å². The van der Waals surface area contributed by atoms with Gasteiger partial charge in [-0.1, -0.05) is 18.2 Å². The maximum atomic E-state index is 12.3. The van der Waals surface area contributed by atoms with Crippen LogP contribution in [0, 0.1) is 5.92 Å². The fourth-order valence-corrected chi connectivity index (χ4v) is 3.76. The number of hydrogen-bond donors (Lipinski definition) is 3. The number of nitrogens with zero attached hydrogens (tertiary/aromatic N) is 1. The van der Waals surface area contributed by atoms with Gasteiger partial charge in [0, 0.05) is 31.2 Å². The molecule has 0 radical (unpaired) electrons. The molecule has 27 heavy (non-hydrogen) atoms. The number of benzene rings is 1. The zero-order chi connectivity index (χ0) is 18.2. The molecule has 2 aliphatic heterocycles. The van der Waals surface area contributed by atoms with Gasteiger partial charge < -0.3 is 20.9 Å². The Bertz CT molecular complexity index is 585. The van der Waals surface area contributed by atoms with Gasteiger partial charge >= 0.3 is 6.03 Å². The Morgan fingerprint density at radius 2 is 1.70 bits per heavy atom. The van der Waals surface area contributed by atoms with Crippen molar-refractivity contribution in [2.75, 3.05) is 31.5 Å². The van der Waals surface area contributed by atoms with Crippen molar-refractivity contribution in [1.82, 2.24) is 15.5 Å². The van der Waals surface area contributed by atoms with Gasteiger partial charge in [-0.05, 0) is 63.2 Å². The van der Waals surface area contributed by atoms with E-state index in [1.165, 1.54) is 12.8 Å². The molecule has 7 heteroatoms. The van der Waals surface area contributed by atoms with Crippen LogP contribution in [0.1, 0.15) is 38.5 Å². The molecule has 6 nitrogen and oxygen atoms in total. The molecule has 1 aromatic rings. The molecular formula is C20H31ClN4O2. The summed E-state index contributed by atoms with van der Waals surface area (Å²) in [5.74, 6) is 0.848. The second-order valence-corrected chi connectivity index (χ2v) is 7.36. The van der Waals surface area contributed by atoms with Gasteiger partial charge in [-0.25, -0.2) is 4.79 Å². The van der Waals surface area contributed by atoms with Crippen molar-refractivity contribution < 1.29 is 9.59 Å². The van der Waals surface area contributed by atoms with E-state index >= 15 is 0 Å². The van der Waals surface area contributed by atoms with Crippen LogP contribution >= 0.6 is 12.4 Å². The van der Waals surface area contributed by atoms with E-state index in [-0.39, 0.29) is 30.4 Å². The van der Waals surface area contributed by atoms with Crippen molar-refractivity contribution in [3.05, 3.63) is 30.3 Å². The number of hydrogen-bond acceptors (Lipinski definition) is 3. The fourth-order valence-electron chi connectivity index (χ4n) is 3.76. The number of urea groups is 1. The largest absolute Gasteiger partial charge is 0.353 e. The second-order valence-electron chi connectivity index (χ2n) is 7.36. The van der Waals surface area contributed by atoms with Crippen LogP contribution in [0.5, 0.6) is 0 Å². The van der Waals surface area contributed by atoms with E-state index in [9.17, 15) is 9.59 Å². The third-order valence-electron chi connectivity index (χ3n) is 5.41. The van der Waals surface area contributed by atoms with Crippen LogP contribution in [0.25, 0.3) is 0 Å². The molecule has 0 bridgehead atoms. The molecule has 0 saturated carbocycles. The predicted molar refractivity (Wildman–Crippen MR) is 110 cm³/mol. The molecular weight excluding hydrogens is 364 g/mol. The lowest BCUT2D eigenvalue weighted by Gasteiger charge is -2.32. The first-order valence-corrected chi connectivity index (χ1v) is 9.82. The van der Waals surface area contributed by atoms with Crippen LogP contribution < -0.4 is 16.0 Å². The van der Waals surface area contributed by atoms with Gasteiger partial charge in [0.05, 0.1) is 0 Å². The Morgan fingerprint density at radius 3 is 2.37 bits per heavy atom. The highest BCUT2D eigenvalue weighted by atomic mass is 35.5. The van der Waals surface area contributed by atoms with Crippen LogP contribution in [0.4, 0.5) is 10.5 Å². The van der Waals surface area contributed by atoms with E-state index < -0.39 is 0 Å². The molecule has 0 aromatic heterocycles. The number of piperidine rings is 2. The molecule has 0 spiro atoms. The smallest absolute Gasteiger partial charge is 0.321 e. The molecule has 1 aromatic carbocycles. The molecule has 2 aliphatic rings. The molecule has 0 atom stereocenters. The predicted octanol–water partition coefficient (Wildman–Crippen LogP) is 3.00. The quantitative estimate of drug-likeness (QED) is 0.718. The minimum atomic E-state index is -0.0631. The number of amides is 3. The Balaban J connectivity index is 0.00000261. The number of nitrogens with one attached hydrogen (secondary N) is 3. The number of carbonyl (C=O) groups excluding carboxylic acids is 2. The molecule has 0 unspecified atom stereocenters. The van der Waals surface area contributed by atoms with Crippen molar-refractivity contribution >= 4 is 30.0 Å². The lowest BCUT2D eigenvalue weighted by molar-refractivity contribution is -0.122. The van der Waals surface area contributed by atoms with Crippen LogP contribution in [-0.2, 0) is 4.79 Å². The number of rotatable bonds is 5. The highest BCUT2D eigenvalue weighted by Crippen LogP contribution is 2.18. The third-order valence-corrected chi connectivity index (χ3v) is 5.41. The Kier molecular flexibility index (Phi) is 8.88. The van der Waals surface area contributed by atoms with Gasteiger partial charge in [-0.2, -0.15) is 0 Å². The molecule has 2 saturated heterocycles. The Morgan fingerprint density at radius 1 is 1.04 bits per heavy atom. The van der Waals surface area contributed by atoms with Crippen molar-refractivity contribution in [2.45, 2.75) is 44.6 Å². The van der Waals surface area contributed by atoms with Gasteiger partial charge in [-0.15, -0.1) is 12.4 Å². The fraction of sp³-hybridized carbons (Fsp3) is 0.600. The monoisotopic (exact) mass is 394 g/mol. The van der Waals surface area contributed by atoms with E-state index in [1.807, 2.05) is 35.2 Å². The second kappa shape index (κ2) is 11.1. The molecule has 3 rings (SSSR count). The summed E-state index contributed by atoms with van der Waals surface area (Å²) in [5, 5.41) is 9.43. The Labute approximate surface area is 167 Å². The zero-order valence-corrected chi connectivity index (χ0v) is 16.6. The summed E-state index contributed by atoms with van der Waals surface area (Å²) in [6.45, 7) is 3.52. The average molecular weight is 395 g/mol. The molecule has 3 amide bonds. The van der Waals surface area contributed by atoms with Crippen LogP contribution in [-0.4, -0.2) is 49.1 Å². The number of anilines is 1. The number of likely N-dealkylation sites (tertiary alicyclic amines) is 1. The van der Waals surface area contributed by atoms with Crippen molar-refractivity contribution in [3.8, 4) is 0 Å². The number of para-hydroxylation sites is 1. The summed E-state index contributed by atoms with van der Waals surface area (Å²) in [6.07, 6.45) is 5.62. The van der Waals surface area contributed by atoms with E-state index in [4.69, 9.17) is 0 Å². The van der Waals surface area contributed by atoms with Gasteiger partial charge in [0.25, 0.3) is 0 Å². The molecule has 0 aliphatic carbocycles. The maximum absolute atomic E-state index is 12.3. The van der Waals surface area contributed by atoms with Crippen molar-refractivity contribution in [3.63, 3.8) is 0 Å². The molecule has 150 valence electrons. The topological polar surface area (TPSA) is 73.5 Å². The van der Waals surface area contributed by atoms with Gasteiger partial charge in [-0.3, -0.25) is 4.79 Å². The number of carbonyl (C=O) groups is 2. The lowest BCUT2D eigenvalue weighted by Crippen LogP contribution is -2.47. The maximum Gasteiger partial charge on any atom is 0.321 e. The lowest BCUT2D eigenvalue weighted by atomic mass is 9.93. The van der Waals surface area contributed by atoms with E-state index in [1.54, 1.807) is 0 Å². The first-order valence-electron chi connectivity index (χ1n) is 9.82. The van der Waals surface area contributed by atoms with E-state index in [0.717, 1.165) is 38.0 Å².